The lowest BCUT2D eigenvalue weighted by atomic mass is 9.74. The summed E-state index contributed by atoms with van der Waals surface area (Å²) in [5.74, 6) is -30.5. The van der Waals surface area contributed by atoms with Crippen LogP contribution in [0.25, 0.3) is 0 Å². The van der Waals surface area contributed by atoms with Gasteiger partial charge in [-0.3, -0.25) is 38.4 Å². The number of phosphoric ester groups is 4. The molecule has 1 aliphatic carbocycles. The molecule has 38 nitrogen and oxygen atoms in total. The molecular formula is C40H68O38P4. The van der Waals surface area contributed by atoms with E-state index in [0.717, 1.165) is 55.4 Å². The predicted molar refractivity (Wildman–Crippen MR) is 255 cm³/mol. The third kappa shape index (κ3) is 24.5. The van der Waals surface area contributed by atoms with E-state index >= 15 is 13.7 Å². The fourth-order valence-corrected chi connectivity index (χ4v) is 10.2. The van der Waals surface area contributed by atoms with Crippen molar-refractivity contribution in [2.24, 2.45) is 0 Å². The van der Waals surface area contributed by atoms with Gasteiger partial charge in [0.1, 0.15) is 12.2 Å². The molecule has 0 aromatic carbocycles. The largest absolute Gasteiger partial charge is 0.483 e. The van der Waals surface area contributed by atoms with Gasteiger partial charge in [-0.15, -0.1) is 0 Å². The van der Waals surface area contributed by atoms with Gasteiger partial charge in [0.15, 0.2) is 0 Å². The van der Waals surface area contributed by atoms with Crippen molar-refractivity contribution in [1.29, 1.82) is 0 Å². The predicted octanol–water partition coefficient (Wildman–Crippen LogP) is 2.70. The zero-order valence-electron chi connectivity index (χ0n) is 45.9. The Balaban J connectivity index is 5.37. The number of carbonyl (C=O) groups excluding carboxylic acids is 8. The van der Waals surface area contributed by atoms with E-state index in [-0.39, 0.29) is 32.1 Å². The van der Waals surface area contributed by atoms with E-state index in [4.69, 9.17) is 73.2 Å². The van der Waals surface area contributed by atoms with Gasteiger partial charge >= 0.3 is 79.0 Å². The maximum absolute atomic E-state index is 15.3. The van der Waals surface area contributed by atoms with Crippen molar-refractivity contribution in [1.82, 2.24) is 0 Å². The van der Waals surface area contributed by atoms with Gasteiger partial charge in [-0.1, -0.05) is 39.5 Å². The summed E-state index contributed by atoms with van der Waals surface area (Å²) >= 11 is 0. The minimum atomic E-state index is -6.59. The molecule has 1 rings (SSSR count). The van der Waals surface area contributed by atoms with Gasteiger partial charge in [0.2, 0.25) is 54.3 Å². The fraction of sp³-hybridized carbons (Fsp3) is 0.800. The van der Waals surface area contributed by atoms with Crippen molar-refractivity contribution in [3.63, 3.8) is 0 Å². The number of unbranched alkanes of at least 4 members (excludes halogenated alkanes) is 4. The van der Waals surface area contributed by atoms with Crippen molar-refractivity contribution in [2.45, 2.75) is 143 Å². The number of aliphatic hydroxyl groups excluding tert-OH is 1. The van der Waals surface area contributed by atoms with Crippen molar-refractivity contribution in [3.05, 3.63) is 0 Å². The first-order valence-electron chi connectivity index (χ1n) is 23.6. The Morgan fingerprint density at radius 1 is 0.378 bits per heavy atom. The summed E-state index contributed by atoms with van der Waals surface area (Å²) in [5.41, 5.74) is 0. The fourth-order valence-electron chi connectivity index (χ4n) is 5.72. The molecule has 0 aromatic rings. The van der Waals surface area contributed by atoms with Gasteiger partial charge in [-0.05, 0) is 12.8 Å². The van der Waals surface area contributed by atoms with E-state index < -0.39 is 182 Å². The van der Waals surface area contributed by atoms with Gasteiger partial charge in [0.05, 0.1) is 6.61 Å². The highest BCUT2D eigenvalue weighted by Gasteiger charge is 2.90. The molecule has 0 aliphatic heterocycles. The minimum Gasteiger partial charge on any atom is -0.438 e. The molecule has 1 fully saturated rings. The lowest BCUT2D eigenvalue weighted by Gasteiger charge is -2.62. The zero-order chi connectivity index (χ0) is 62.6. The Morgan fingerprint density at radius 3 is 0.915 bits per heavy atom. The Morgan fingerprint density at radius 2 is 0.634 bits per heavy atom. The normalized spacial score (nSPS) is 22.1. The highest BCUT2D eigenvalue weighted by atomic mass is 31.2. The SMILES string of the molecule is CCCCCO[C@H]1[C@@H](O)[C@@](O)(OP(=O)(OCOC(C)=O)OCOC(C)=O)[C@](O)(OP(=O)(OCOC(C)=O)OCOC(C)=O)[C@@](O)(OP(=O)(OCOC(C)=O)OCOC(C)=O)[C@]1(OCCCCC)OP(=O)(OCOC(C)=O)OCOC(C)=O. The van der Waals surface area contributed by atoms with E-state index in [0.29, 0.717) is 6.42 Å². The number of aliphatic hydroxyl groups is 4. The molecular weight excluding hydrogens is 1210 g/mol. The van der Waals surface area contributed by atoms with Gasteiger partial charge in [-0.25, -0.2) is 72.5 Å². The molecule has 1 aliphatic rings. The summed E-state index contributed by atoms with van der Waals surface area (Å²) in [7, 11) is -25.8. The summed E-state index contributed by atoms with van der Waals surface area (Å²) in [4.78, 5) is 95.8. The van der Waals surface area contributed by atoms with Crippen LogP contribution in [0, 0.1) is 0 Å². The van der Waals surface area contributed by atoms with Crippen LogP contribution in [-0.4, -0.2) is 171 Å². The molecule has 476 valence electrons. The van der Waals surface area contributed by atoms with E-state index in [1.54, 1.807) is 13.8 Å². The molecule has 42 heteroatoms. The molecule has 0 radical (unpaired) electrons. The van der Waals surface area contributed by atoms with Crippen LogP contribution in [0.4, 0.5) is 0 Å². The van der Waals surface area contributed by atoms with Gasteiger partial charge in [-0.2, -0.15) is 0 Å². The van der Waals surface area contributed by atoms with Crippen LogP contribution in [0.3, 0.4) is 0 Å². The summed E-state index contributed by atoms with van der Waals surface area (Å²) in [6.07, 6.45) is -6.69. The number of carbonyl (C=O) groups is 8. The first kappa shape index (κ1) is 76.0. The minimum absolute atomic E-state index is 0.0680. The maximum Gasteiger partial charge on any atom is 0.483 e. The van der Waals surface area contributed by atoms with Crippen LogP contribution >= 0.6 is 31.3 Å². The third-order valence-corrected chi connectivity index (χ3v) is 14.7. The topological polar surface area (TPSA) is 489 Å². The van der Waals surface area contributed by atoms with Crippen LogP contribution in [0.2, 0.25) is 0 Å². The highest BCUT2D eigenvalue weighted by molar-refractivity contribution is 7.49. The monoisotopic (exact) mass is 1280 g/mol. The maximum atomic E-state index is 15.3. The van der Waals surface area contributed by atoms with Crippen LogP contribution in [-0.2, 0) is 158 Å². The van der Waals surface area contributed by atoms with Crippen LogP contribution in [0.15, 0.2) is 0 Å². The molecule has 4 N–H and O–H groups in total. The number of phosphoric acid groups is 4. The molecule has 6 atom stereocenters. The average molecular weight is 1280 g/mol. The third-order valence-electron chi connectivity index (χ3n) is 9.36. The second-order valence-corrected chi connectivity index (χ2v) is 22.2. The Kier molecular flexibility index (Phi) is 32.8. The highest BCUT2D eigenvalue weighted by Crippen LogP contribution is 2.71. The quantitative estimate of drug-likeness (QED) is 0.0224. The molecule has 0 heterocycles. The molecule has 82 heavy (non-hydrogen) atoms. The molecule has 0 spiro atoms. The standard InChI is InChI=1S/C40H68O38P4/c1-11-13-15-17-57-36-35(49)37(50,75-79(53,67-19-58-27(3)41)68-20-59-28(4)42)39(51,77-81(55,71-23-62-31(7)45)72-24-63-32(8)46)40(52,78-82(56,73-25-64-33(9)47)74-26-65-34(10)48)38(36,66-18-16-14-12-2)76-80(54,69-21-60-29(5)43)70-22-61-30(6)44/h35-36,49-52H,11-26H2,1-10H3/t35-,36+,37-,38-,39+,40+/m1/s1. The smallest absolute Gasteiger partial charge is 0.438 e. The summed E-state index contributed by atoms with van der Waals surface area (Å²) in [5, 5.41) is 53.8. The number of rotatable bonds is 42. The van der Waals surface area contributed by atoms with Crippen LogP contribution in [0.5, 0.6) is 0 Å². The van der Waals surface area contributed by atoms with Crippen molar-refractivity contribution in [2.75, 3.05) is 67.6 Å². The van der Waals surface area contributed by atoms with Gasteiger partial charge < -0.3 is 67.8 Å². The van der Waals surface area contributed by atoms with E-state index in [9.17, 15) is 63.3 Å². The zero-order valence-corrected chi connectivity index (χ0v) is 49.5. The van der Waals surface area contributed by atoms with Crippen LogP contribution < -0.4 is 0 Å². The van der Waals surface area contributed by atoms with Crippen molar-refractivity contribution >= 4 is 79.0 Å². The lowest BCUT2D eigenvalue weighted by molar-refractivity contribution is -0.543. The second-order valence-electron chi connectivity index (χ2n) is 15.9. The second kappa shape index (κ2) is 35.4. The van der Waals surface area contributed by atoms with Crippen molar-refractivity contribution in [3.8, 4) is 0 Å². The average Bonchev–Trinajstić information content (AvgIpc) is 3.48. The number of hydrogen-bond donors (Lipinski definition) is 4. The molecule has 0 amide bonds. The Hall–Kier alpha value is -4.04. The summed E-state index contributed by atoms with van der Waals surface area (Å²) < 4.78 is 172. The molecule has 0 bridgehead atoms. The molecule has 0 unspecified atom stereocenters. The summed E-state index contributed by atoms with van der Waals surface area (Å²) in [6, 6.07) is 0. The Bertz CT molecular complexity index is 2220. The Labute approximate surface area is 467 Å². The number of hydrogen-bond acceptors (Lipinski definition) is 38. The molecule has 0 aromatic heterocycles. The lowest BCUT2D eigenvalue weighted by Crippen LogP contribution is -2.89. The molecule has 1 saturated carbocycles. The first-order chi connectivity index (χ1) is 38.1. The molecule has 0 saturated heterocycles. The number of ether oxygens (including phenoxy) is 10. The number of esters is 8. The first-order valence-corrected chi connectivity index (χ1v) is 29.5. The van der Waals surface area contributed by atoms with Gasteiger partial charge in [0.25, 0.3) is 23.1 Å². The van der Waals surface area contributed by atoms with E-state index in [2.05, 4.69) is 28.4 Å². The summed E-state index contributed by atoms with van der Waals surface area (Å²) in [6.45, 7) is -5.62. The van der Waals surface area contributed by atoms with E-state index in [1.165, 1.54) is 0 Å². The van der Waals surface area contributed by atoms with Crippen molar-refractivity contribution < 1.29 is 179 Å². The van der Waals surface area contributed by atoms with Crippen LogP contribution in [0.1, 0.15) is 108 Å². The van der Waals surface area contributed by atoms with E-state index in [1.807, 2.05) is 0 Å². The van der Waals surface area contributed by atoms with Gasteiger partial charge in [0, 0.05) is 62.0 Å².